The van der Waals surface area contributed by atoms with Crippen LogP contribution in [0.15, 0.2) is 60.7 Å². The van der Waals surface area contributed by atoms with Crippen LogP contribution in [0.3, 0.4) is 0 Å². The van der Waals surface area contributed by atoms with Gasteiger partial charge >= 0.3 is 5.97 Å². The summed E-state index contributed by atoms with van der Waals surface area (Å²) in [6, 6.07) is 16.6. The maximum Gasteiger partial charge on any atom is 0.306 e. The Morgan fingerprint density at radius 3 is 2.14 bits per heavy atom. The van der Waals surface area contributed by atoms with E-state index in [1.807, 2.05) is 6.92 Å². The third-order valence-electron chi connectivity index (χ3n) is 4.64. The van der Waals surface area contributed by atoms with E-state index in [-0.39, 0.29) is 18.7 Å². The number of benzene rings is 3. The van der Waals surface area contributed by atoms with Crippen molar-refractivity contribution in [2.75, 3.05) is 17.2 Å². The molecule has 0 heterocycles. The Bertz CT molecular complexity index is 1230. The van der Waals surface area contributed by atoms with Gasteiger partial charge in [-0.25, -0.2) is 0 Å². The molecule has 2 amide bonds. The summed E-state index contributed by atoms with van der Waals surface area (Å²) in [6.45, 7) is 1.37. The second kappa shape index (κ2) is 12.4. The second-order valence-corrected chi connectivity index (χ2v) is 8.67. The number of aryl methyl sites for hydroxylation is 1. The molecule has 0 saturated heterocycles. The predicted octanol–water partition coefficient (Wildman–Crippen LogP) is 6.65. The van der Waals surface area contributed by atoms with Gasteiger partial charge in [0.1, 0.15) is 11.5 Å². The fourth-order valence-corrected chi connectivity index (χ4v) is 3.44. The fourth-order valence-electron chi connectivity index (χ4n) is 2.82. The molecule has 3 rings (SSSR count). The highest BCUT2D eigenvalue weighted by molar-refractivity contribution is 6.35. The molecule has 0 aliphatic heterocycles. The molecule has 0 atom stereocenters. The summed E-state index contributed by atoms with van der Waals surface area (Å²) >= 11 is 18.0. The van der Waals surface area contributed by atoms with E-state index < -0.39 is 18.5 Å². The number of nitrogens with one attached hydrogen (secondary N) is 2. The third-order valence-corrected chi connectivity index (χ3v) is 5.57. The number of esters is 1. The lowest BCUT2D eigenvalue weighted by Crippen LogP contribution is -2.21. The van der Waals surface area contributed by atoms with Crippen LogP contribution in [0.2, 0.25) is 15.1 Å². The van der Waals surface area contributed by atoms with E-state index in [2.05, 4.69) is 10.6 Å². The van der Waals surface area contributed by atoms with Crippen LogP contribution in [0.5, 0.6) is 11.5 Å². The van der Waals surface area contributed by atoms with Crippen LogP contribution in [0.1, 0.15) is 18.4 Å². The monoisotopic (exact) mass is 534 g/mol. The quantitative estimate of drug-likeness (QED) is 0.299. The van der Waals surface area contributed by atoms with Crippen molar-refractivity contribution >= 4 is 64.0 Å². The summed E-state index contributed by atoms with van der Waals surface area (Å²) < 4.78 is 10.6. The van der Waals surface area contributed by atoms with Crippen molar-refractivity contribution in [1.82, 2.24) is 0 Å². The first kappa shape index (κ1) is 26.3. The average Bonchev–Trinajstić information content (AvgIpc) is 2.82. The minimum Gasteiger partial charge on any atom is -0.456 e. The number of anilines is 2. The lowest BCUT2D eigenvalue weighted by atomic mass is 10.2. The van der Waals surface area contributed by atoms with Gasteiger partial charge in [-0.3, -0.25) is 14.4 Å². The largest absolute Gasteiger partial charge is 0.456 e. The molecule has 0 saturated carbocycles. The Morgan fingerprint density at radius 2 is 1.46 bits per heavy atom. The highest BCUT2D eigenvalue weighted by Gasteiger charge is 2.12. The highest BCUT2D eigenvalue weighted by Crippen LogP contribution is 2.32. The maximum absolute atomic E-state index is 12.1. The molecule has 0 spiro atoms. The number of halogens is 3. The van der Waals surface area contributed by atoms with Crippen LogP contribution >= 0.6 is 34.8 Å². The van der Waals surface area contributed by atoms with Crippen LogP contribution in [0.4, 0.5) is 11.4 Å². The number of hydrogen-bond acceptors (Lipinski definition) is 5. The summed E-state index contributed by atoms with van der Waals surface area (Å²) in [4.78, 5) is 36.0. The van der Waals surface area contributed by atoms with Gasteiger partial charge in [-0.2, -0.15) is 0 Å². The minimum atomic E-state index is -0.666. The zero-order valence-electron chi connectivity index (χ0n) is 18.6. The van der Waals surface area contributed by atoms with Gasteiger partial charge in [0.25, 0.3) is 5.91 Å². The van der Waals surface area contributed by atoms with Crippen LogP contribution in [0, 0.1) is 6.92 Å². The van der Waals surface area contributed by atoms with E-state index in [0.29, 0.717) is 37.9 Å². The number of amides is 2. The Labute approximate surface area is 217 Å². The van der Waals surface area contributed by atoms with Gasteiger partial charge < -0.3 is 20.1 Å². The third kappa shape index (κ3) is 8.47. The molecular formula is C25H21Cl3N2O5. The Hall–Kier alpha value is -3.26. The Balaban J connectivity index is 1.38. The number of ether oxygens (including phenoxy) is 2. The smallest absolute Gasteiger partial charge is 0.306 e. The van der Waals surface area contributed by atoms with E-state index in [9.17, 15) is 14.4 Å². The number of rotatable bonds is 9. The van der Waals surface area contributed by atoms with Crippen molar-refractivity contribution in [1.29, 1.82) is 0 Å². The standard InChI is InChI=1S/C25H21Cl3N2O5/c1-15-2-4-18(13-20(15)27)30-24(32)14-34-25(33)11-10-23(31)29-17-5-7-19(8-6-17)35-22-9-3-16(26)12-21(22)28/h2-9,12-13H,10-11,14H2,1H3,(H,29,31)(H,30,32). The zero-order valence-corrected chi connectivity index (χ0v) is 20.8. The molecule has 2 N–H and O–H groups in total. The highest BCUT2D eigenvalue weighted by atomic mass is 35.5. The Morgan fingerprint density at radius 1 is 0.771 bits per heavy atom. The van der Waals surface area contributed by atoms with Crippen molar-refractivity contribution in [3.8, 4) is 11.5 Å². The van der Waals surface area contributed by atoms with Crippen LogP contribution in [-0.2, 0) is 19.1 Å². The normalized spacial score (nSPS) is 10.4. The van der Waals surface area contributed by atoms with E-state index >= 15 is 0 Å². The SMILES string of the molecule is Cc1ccc(NC(=O)COC(=O)CCC(=O)Nc2ccc(Oc3ccc(Cl)cc3Cl)cc2)cc1Cl. The van der Waals surface area contributed by atoms with Crippen molar-refractivity contribution in [3.05, 3.63) is 81.3 Å². The van der Waals surface area contributed by atoms with Gasteiger partial charge in [-0.1, -0.05) is 40.9 Å². The molecule has 0 fully saturated rings. The van der Waals surface area contributed by atoms with Gasteiger partial charge in [0.2, 0.25) is 5.91 Å². The molecule has 182 valence electrons. The average molecular weight is 536 g/mol. The fraction of sp³-hybridized carbons (Fsp3) is 0.160. The van der Waals surface area contributed by atoms with Crippen molar-refractivity contribution < 1.29 is 23.9 Å². The molecule has 3 aromatic carbocycles. The predicted molar refractivity (Wildman–Crippen MR) is 137 cm³/mol. The van der Waals surface area contributed by atoms with E-state index in [4.69, 9.17) is 44.3 Å². The lowest BCUT2D eigenvalue weighted by molar-refractivity contribution is -0.147. The van der Waals surface area contributed by atoms with Crippen LogP contribution < -0.4 is 15.4 Å². The summed E-state index contributed by atoms with van der Waals surface area (Å²) in [5.74, 6) is -0.592. The topological polar surface area (TPSA) is 93.7 Å². The molecule has 0 aromatic heterocycles. The number of carbonyl (C=O) groups is 3. The van der Waals surface area contributed by atoms with E-state index in [0.717, 1.165) is 5.56 Å². The molecule has 0 radical (unpaired) electrons. The van der Waals surface area contributed by atoms with Crippen molar-refractivity contribution in [3.63, 3.8) is 0 Å². The maximum atomic E-state index is 12.1. The molecule has 10 heteroatoms. The van der Waals surface area contributed by atoms with Crippen molar-refractivity contribution in [2.45, 2.75) is 19.8 Å². The summed E-state index contributed by atoms with van der Waals surface area (Å²) in [5.41, 5.74) is 1.89. The van der Waals surface area contributed by atoms with Gasteiger partial charge in [0.15, 0.2) is 6.61 Å². The first-order valence-corrected chi connectivity index (χ1v) is 11.6. The molecule has 3 aromatic rings. The second-order valence-electron chi connectivity index (χ2n) is 7.42. The summed E-state index contributed by atoms with van der Waals surface area (Å²) in [7, 11) is 0. The molecule has 0 bridgehead atoms. The molecule has 7 nitrogen and oxygen atoms in total. The summed E-state index contributed by atoms with van der Waals surface area (Å²) in [6.07, 6.45) is -0.279. The number of hydrogen-bond donors (Lipinski definition) is 2. The molecule has 0 aliphatic carbocycles. The zero-order chi connectivity index (χ0) is 25.4. The lowest BCUT2D eigenvalue weighted by Gasteiger charge is -2.10. The minimum absolute atomic E-state index is 0.105. The van der Waals surface area contributed by atoms with Crippen molar-refractivity contribution in [2.24, 2.45) is 0 Å². The van der Waals surface area contributed by atoms with E-state index in [1.54, 1.807) is 60.7 Å². The van der Waals surface area contributed by atoms with Gasteiger partial charge in [-0.15, -0.1) is 0 Å². The molecule has 0 aliphatic rings. The van der Waals surface area contributed by atoms with Gasteiger partial charge in [0.05, 0.1) is 11.4 Å². The molecule has 35 heavy (non-hydrogen) atoms. The van der Waals surface area contributed by atoms with Gasteiger partial charge in [-0.05, 0) is 67.1 Å². The summed E-state index contributed by atoms with van der Waals surface area (Å²) in [5, 5.41) is 6.65. The first-order valence-electron chi connectivity index (χ1n) is 10.4. The number of carbonyl (C=O) groups excluding carboxylic acids is 3. The molecule has 0 unspecified atom stereocenters. The van der Waals surface area contributed by atoms with Gasteiger partial charge in [0, 0.05) is 27.8 Å². The first-order chi connectivity index (χ1) is 16.7. The van der Waals surface area contributed by atoms with Crippen LogP contribution in [0.25, 0.3) is 0 Å². The Kier molecular flexibility index (Phi) is 9.37. The van der Waals surface area contributed by atoms with E-state index in [1.165, 1.54) is 0 Å². The van der Waals surface area contributed by atoms with Crippen LogP contribution in [-0.4, -0.2) is 24.4 Å². The molecular weight excluding hydrogens is 515 g/mol.